The van der Waals surface area contributed by atoms with Crippen LogP contribution in [0.2, 0.25) is 0 Å². The topological polar surface area (TPSA) is 79.2 Å². The Morgan fingerprint density at radius 3 is 2.74 bits per heavy atom. The lowest BCUT2D eigenvalue weighted by Gasteiger charge is -2.03. The molecule has 0 aliphatic heterocycles. The highest BCUT2D eigenvalue weighted by Crippen LogP contribution is 2.21. The number of ether oxygens (including phenoxy) is 1. The summed E-state index contributed by atoms with van der Waals surface area (Å²) in [5.41, 5.74) is 1.22. The van der Waals surface area contributed by atoms with E-state index in [1.807, 2.05) is 30.3 Å². The number of halogens is 1. The molecule has 2 aromatic rings. The number of hydrogen-bond donors (Lipinski definition) is 1. The molecular formula is C16H11BrN2O3S. The van der Waals surface area contributed by atoms with Gasteiger partial charge in [0.25, 0.3) is 5.91 Å². The molecule has 23 heavy (non-hydrogen) atoms. The van der Waals surface area contributed by atoms with E-state index in [2.05, 4.69) is 21.2 Å². The van der Waals surface area contributed by atoms with Crippen LogP contribution in [0.3, 0.4) is 0 Å². The molecule has 1 heterocycles. The lowest BCUT2D eigenvalue weighted by molar-refractivity contribution is -0.142. The van der Waals surface area contributed by atoms with E-state index in [0.717, 1.165) is 10.0 Å². The van der Waals surface area contributed by atoms with Crippen LogP contribution >= 0.6 is 27.3 Å². The minimum absolute atomic E-state index is 0.379. The average Bonchev–Trinajstić information content (AvgIpc) is 2.99. The predicted molar refractivity (Wildman–Crippen MR) is 91.8 cm³/mol. The van der Waals surface area contributed by atoms with Gasteiger partial charge in [0.2, 0.25) is 0 Å². The predicted octanol–water partition coefficient (Wildman–Crippen LogP) is 3.58. The summed E-state index contributed by atoms with van der Waals surface area (Å²) in [6.07, 6.45) is 2.85. The molecule has 1 aromatic heterocycles. The van der Waals surface area contributed by atoms with Crippen molar-refractivity contribution in [3.8, 4) is 6.07 Å². The Morgan fingerprint density at radius 1 is 1.30 bits per heavy atom. The maximum atomic E-state index is 11.7. The van der Waals surface area contributed by atoms with Gasteiger partial charge in [-0.1, -0.05) is 28.1 Å². The van der Waals surface area contributed by atoms with E-state index >= 15 is 0 Å². The minimum Gasteiger partial charge on any atom is -0.452 e. The van der Waals surface area contributed by atoms with Crippen LogP contribution in [0.5, 0.6) is 0 Å². The molecule has 7 heteroatoms. The SMILES string of the molecule is N#Cc1ccsc1NC(=O)COC(=O)C=Cc1ccc(Br)cc1. The van der Waals surface area contributed by atoms with Gasteiger partial charge in [0.1, 0.15) is 11.1 Å². The fourth-order valence-corrected chi connectivity index (χ4v) is 2.60. The summed E-state index contributed by atoms with van der Waals surface area (Å²) in [6, 6.07) is 10.9. The van der Waals surface area contributed by atoms with E-state index < -0.39 is 18.5 Å². The highest BCUT2D eigenvalue weighted by molar-refractivity contribution is 9.10. The number of rotatable bonds is 5. The Kier molecular flexibility index (Phi) is 6.09. The van der Waals surface area contributed by atoms with Crippen LogP contribution in [0, 0.1) is 11.3 Å². The number of esters is 1. The van der Waals surface area contributed by atoms with Gasteiger partial charge >= 0.3 is 5.97 Å². The molecular weight excluding hydrogens is 380 g/mol. The third kappa shape index (κ3) is 5.36. The summed E-state index contributed by atoms with van der Waals surface area (Å²) < 4.78 is 5.79. The quantitative estimate of drug-likeness (QED) is 0.624. The van der Waals surface area contributed by atoms with Gasteiger partial charge in [0, 0.05) is 10.5 Å². The zero-order chi connectivity index (χ0) is 16.7. The Balaban J connectivity index is 1.81. The minimum atomic E-state index is -0.616. The number of hydrogen-bond acceptors (Lipinski definition) is 5. The number of anilines is 1. The number of nitriles is 1. The van der Waals surface area contributed by atoms with Gasteiger partial charge < -0.3 is 10.1 Å². The first-order valence-electron chi connectivity index (χ1n) is 6.46. The van der Waals surface area contributed by atoms with Crippen LogP contribution in [-0.4, -0.2) is 18.5 Å². The third-order valence-electron chi connectivity index (χ3n) is 2.67. The number of carbonyl (C=O) groups is 2. The normalized spacial score (nSPS) is 10.3. The Morgan fingerprint density at radius 2 is 2.04 bits per heavy atom. The van der Waals surface area contributed by atoms with E-state index in [1.165, 1.54) is 17.4 Å². The number of thiophene rings is 1. The first-order chi connectivity index (χ1) is 11.1. The van der Waals surface area contributed by atoms with Crippen LogP contribution in [-0.2, 0) is 14.3 Å². The molecule has 1 N–H and O–H groups in total. The van der Waals surface area contributed by atoms with Crippen molar-refractivity contribution in [3.63, 3.8) is 0 Å². The van der Waals surface area contributed by atoms with Gasteiger partial charge in [0.05, 0.1) is 5.56 Å². The van der Waals surface area contributed by atoms with E-state index in [1.54, 1.807) is 17.5 Å². The number of nitrogens with zero attached hydrogens (tertiary/aromatic N) is 1. The van der Waals surface area contributed by atoms with E-state index in [0.29, 0.717) is 10.6 Å². The second kappa shape index (κ2) is 8.27. The fraction of sp³-hybridized carbons (Fsp3) is 0.0625. The Hall–Kier alpha value is -2.43. The molecule has 0 saturated heterocycles. The summed E-state index contributed by atoms with van der Waals surface area (Å²) in [5, 5.41) is 13.5. The van der Waals surface area contributed by atoms with Crippen LogP contribution in [0.15, 0.2) is 46.3 Å². The summed E-state index contributed by atoms with van der Waals surface area (Å²) in [6.45, 7) is -0.410. The van der Waals surface area contributed by atoms with Gasteiger partial charge in [-0.15, -0.1) is 11.3 Å². The van der Waals surface area contributed by atoms with Gasteiger partial charge in [0.15, 0.2) is 6.61 Å². The molecule has 1 aromatic carbocycles. The summed E-state index contributed by atoms with van der Waals surface area (Å²) >= 11 is 4.55. The van der Waals surface area contributed by atoms with Gasteiger partial charge in [-0.25, -0.2) is 4.79 Å². The maximum absolute atomic E-state index is 11.7. The first kappa shape index (κ1) is 16.9. The molecule has 0 spiro atoms. The average molecular weight is 391 g/mol. The van der Waals surface area contributed by atoms with Crippen LogP contribution in [0.25, 0.3) is 6.08 Å². The second-order valence-corrected chi connectivity index (χ2v) is 6.15. The molecule has 0 atom stereocenters. The molecule has 0 saturated carbocycles. The molecule has 1 amide bonds. The summed E-state index contributed by atoms with van der Waals surface area (Å²) in [5.74, 6) is -1.11. The Labute approximate surface area is 145 Å². The van der Waals surface area contributed by atoms with Crippen molar-refractivity contribution in [2.24, 2.45) is 0 Å². The van der Waals surface area contributed by atoms with Crippen molar-refractivity contribution in [3.05, 3.63) is 57.4 Å². The van der Waals surface area contributed by atoms with Crippen molar-refractivity contribution in [2.75, 3.05) is 11.9 Å². The first-order valence-corrected chi connectivity index (χ1v) is 8.13. The monoisotopic (exact) mass is 390 g/mol. The molecule has 0 fully saturated rings. The van der Waals surface area contributed by atoms with Gasteiger partial charge in [-0.05, 0) is 35.2 Å². The number of nitrogens with one attached hydrogen (secondary N) is 1. The molecule has 2 rings (SSSR count). The maximum Gasteiger partial charge on any atom is 0.331 e. The molecule has 0 radical (unpaired) electrons. The standard InChI is InChI=1S/C16H11BrN2O3S/c17-13-4-1-11(2-5-13)3-6-15(21)22-10-14(20)19-16-12(9-18)7-8-23-16/h1-8H,10H2,(H,19,20). The third-order valence-corrected chi connectivity index (χ3v) is 4.02. The molecule has 0 bridgehead atoms. The van der Waals surface area contributed by atoms with E-state index in [-0.39, 0.29) is 0 Å². The van der Waals surface area contributed by atoms with Gasteiger partial charge in [-0.2, -0.15) is 5.26 Å². The van der Waals surface area contributed by atoms with Crippen molar-refractivity contribution in [1.82, 2.24) is 0 Å². The van der Waals surface area contributed by atoms with Crippen molar-refractivity contribution >= 4 is 50.2 Å². The van der Waals surface area contributed by atoms with E-state index in [9.17, 15) is 9.59 Å². The van der Waals surface area contributed by atoms with Crippen molar-refractivity contribution in [1.29, 1.82) is 5.26 Å². The molecule has 5 nitrogen and oxygen atoms in total. The highest BCUT2D eigenvalue weighted by Gasteiger charge is 2.09. The van der Waals surface area contributed by atoms with E-state index in [4.69, 9.17) is 10.00 Å². The van der Waals surface area contributed by atoms with Crippen LogP contribution < -0.4 is 5.32 Å². The summed E-state index contributed by atoms with van der Waals surface area (Å²) in [4.78, 5) is 23.2. The molecule has 0 aliphatic rings. The van der Waals surface area contributed by atoms with Crippen LogP contribution in [0.1, 0.15) is 11.1 Å². The fourth-order valence-electron chi connectivity index (χ4n) is 1.58. The Bertz CT molecular complexity index is 775. The number of carbonyl (C=O) groups excluding carboxylic acids is 2. The lowest BCUT2D eigenvalue weighted by Crippen LogP contribution is -2.19. The van der Waals surface area contributed by atoms with Crippen molar-refractivity contribution < 1.29 is 14.3 Å². The molecule has 0 aliphatic carbocycles. The smallest absolute Gasteiger partial charge is 0.331 e. The zero-order valence-corrected chi connectivity index (χ0v) is 14.2. The lowest BCUT2D eigenvalue weighted by atomic mass is 10.2. The highest BCUT2D eigenvalue weighted by atomic mass is 79.9. The zero-order valence-electron chi connectivity index (χ0n) is 11.8. The number of amides is 1. The van der Waals surface area contributed by atoms with Gasteiger partial charge in [-0.3, -0.25) is 4.79 Å². The molecule has 116 valence electrons. The second-order valence-electron chi connectivity index (χ2n) is 4.32. The molecule has 0 unspecified atom stereocenters. The summed E-state index contributed by atoms with van der Waals surface area (Å²) in [7, 11) is 0. The van der Waals surface area contributed by atoms with Crippen LogP contribution in [0.4, 0.5) is 5.00 Å². The number of benzene rings is 1. The van der Waals surface area contributed by atoms with Crippen molar-refractivity contribution in [2.45, 2.75) is 0 Å². The largest absolute Gasteiger partial charge is 0.452 e.